The number of halogens is 2. The van der Waals surface area contributed by atoms with Crippen LogP contribution in [-0.4, -0.2) is 22.0 Å². The Kier molecular flexibility index (Phi) is 6.17. The second-order valence-electron chi connectivity index (χ2n) is 6.25. The Morgan fingerprint density at radius 3 is 2.77 bits per heavy atom. The maximum Gasteiger partial charge on any atom is 0.220 e. The number of fused-ring (bicyclic) bond motifs is 1. The molecule has 1 N–H and O–H groups in total. The van der Waals surface area contributed by atoms with Crippen molar-refractivity contribution in [3.05, 3.63) is 63.9 Å². The average Bonchev–Trinajstić information content (AvgIpc) is 2.94. The molecule has 0 aliphatic heterocycles. The van der Waals surface area contributed by atoms with Gasteiger partial charge in [0, 0.05) is 19.5 Å². The van der Waals surface area contributed by atoms with E-state index in [4.69, 9.17) is 23.2 Å². The van der Waals surface area contributed by atoms with E-state index in [9.17, 15) is 4.79 Å². The molecule has 4 nitrogen and oxygen atoms in total. The first-order valence-corrected chi connectivity index (χ1v) is 9.42. The van der Waals surface area contributed by atoms with Crippen LogP contribution in [0, 0.1) is 6.92 Å². The largest absolute Gasteiger partial charge is 0.354 e. The number of aromatic nitrogens is 2. The molecule has 3 rings (SSSR count). The first-order chi connectivity index (χ1) is 12.5. The first kappa shape index (κ1) is 18.7. The lowest BCUT2D eigenvalue weighted by atomic mass is 10.1. The highest BCUT2D eigenvalue weighted by Gasteiger charge is 2.07. The number of hydrogen-bond acceptors (Lipinski definition) is 2. The summed E-state index contributed by atoms with van der Waals surface area (Å²) >= 11 is 11.9. The molecule has 0 saturated carbocycles. The first-order valence-electron chi connectivity index (χ1n) is 8.67. The zero-order valence-corrected chi connectivity index (χ0v) is 16.1. The molecule has 136 valence electrons. The predicted molar refractivity (Wildman–Crippen MR) is 107 cm³/mol. The molecule has 0 aliphatic carbocycles. The molecule has 1 aromatic heterocycles. The Hall–Kier alpha value is -2.04. The van der Waals surface area contributed by atoms with Gasteiger partial charge in [0.2, 0.25) is 5.91 Å². The Bertz CT molecular complexity index is 921. The summed E-state index contributed by atoms with van der Waals surface area (Å²) in [6.07, 6.45) is 2.07. The van der Waals surface area contributed by atoms with Crippen LogP contribution in [0.3, 0.4) is 0 Å². The lowest BCUT2D eigenvalue weighted by Crippen LogP contribution is -2.27. The Balaban J connectivity index is 1.44. The summed E-state index contributed by atoms with van der Waals surface area (Å²) in [5.74, 6) is 1.02. The number of aryl methyl sites for hydroxylation is 2. The van der Waals surface area contributed by atoms with E-state index in [0.29, 0.717) is 29.6 Å². The highest BCUT2D eigenvalue weighted by atomic mass is 35.5. The van der Waals surface area contributed by atoms with Crippen LogP contribution in [0.1, 0.15) is 24.2 Å². The highest BCUT2D eigenvalue weighted by molar-refractivity contribution is 6.42. The predicted octanol–water partition coefficient (Wildman–Crippen LogP) is 4.79. The number of rotatable bonds is 7. The fourth-order valence-corrected chi connectivity index (χ4v) is 3.34. The van der Waals surface area contributed by atoms with E-state index < -0.39 is 0 Å². The Labute approximate surface area is 163 Å². The quantitative estimate of drug-likeness (QED) is 0.631. The van der Waals surface area contributed by atoms with Gasteiger partial charge in [0.1, 0.15) is 5.82 Å². The van der Waals surface area contributed by atoms with Gasteiger partial charge in [-0.3, -0.25) is 4.79 Å². The summed E-state index contributed by atoms with van der Waals surface area (Å²) in [6, 6.07) is 13.6. The Morgan fingerprint density at radius 1 is 1.15 bits per heavy atom. The SMILES string of the molecule is Cc1nc2ccccc2n1CCNC(=O)CCCc1ccc(Cl)c(Cl)c1. The Morgan fingerprint density at radius 2 is 1.96 bits per heavy atom. The molecule has 0 unspecified atom stereocenters. The molecule has 0 saturated heterocycles. The maximum atomic E-state index is 12.0. The van der Waals surface area contributed by atoms with Crippen LogP contribution in [-0.2, 0) is 17.8 Å². The van der Waals surface area contributed by atoms with Gasteiger partial charge in [0.15, 0.2) is 0 Å². The van der Waals surface area contributed by atoms with Crippen LogP contribution in [0.2, 0.25) is 10.0 Å². The summed E-state index contributed by atoms with van der Waals surface area (Å²) in [5, 5.41) is 4.09. The molecule has 1 amide bonds. The normalized spacial score (nSPS) is 11.0. The van der Waals surface area contributed by atoms with Crippen molar-refractivity contribution in [2.45, 2.75) is 32.7 Å². The average molecular weight is 390 g/mol. The highest BCUT2D eigenvalue weighted by Crippen LogP contribution is 2.23. The third-order valence-corrected chi connectivity index (χ3v) is 5.10. The van der Waals surface area contributed by atoms with Crippen molar-refractivity contribution < 1.29 is 4.79 Å². The molecule has 0 bridgehead atoms. The molecule has 0 atom stereocenters. The third-order valence-electron chi connectivity index (χ3n) is 4.36. The summed E-state index contributed by atoms with van der Waals surface area (Å²) in [7, 11) is 0. The summed E-state index contributed by atoms with van der Waals surface area (Å²) in [6.45, 7) is 3.29. The number of para-hydroxylation sites is 2. The number of hydrogen-bond donors (Lipinski definition) is 1. The topological polar surface area (TPSA) is 46.9 Å². The lowest BCUT2D eigenvalue weighted by molar-refractivity contribution is -0.121. The van der Waals surface area contributed by atoms with Crippen molar-refractivity contribution in [2.75, 3.05) is 6.54 Å². The van der Waals surface area contributed by atoms with E-state index >= 15 is 0 Å². The van der Waals surface area contributed by atoms with E-state index in [0.717, 1.165) is 35.3 Å². The van der Waals surface area contributed by atoms with Gasteiger partial charge in [-0.05, 0) is 49.6 Å². The van der Waals surface area contributed by atoms with Gasteiger partial charge < -0.3 is 9.88 Å². The van der Waals surface area contributed by atoms with E-state index in [-0.39, 0.29) is 5.91 Å². The maximum absolute atomic E-state index is 12.0. The van der Waals surface area contributed by atoms with E-state index in [1.165, 1.54) is 0 Å². The van der Waals surface area contributed by atoms with E-state index in [1.807, 2.05) is 37.3 Å². The van der Waals surface area contributed by atoms with Gasteiger partial charge in [-0.25, -0.2) is 4.98 Å². The summed E-state index contributed by atoms with van der Waals surface area (Å²) in [5.41, 5.74) is 3.17. The molecular weight excluding hydrogens is 369 g/mol. The van der Waals surface area contributed by atoms with Gasteiger partial charge in [0.25, 0.3) is 0 Å². The number of carbonyl (C=O) groups excluding carboxylic acids is 1. The molecule has 1 heterocycles. The van der Waals surface area contributed by atoms with Crippen molar-refractivity contribution in [1.82, 2.24) is 14.9 Å². The summed E-state index contributed by atoms with van der Waals surface area (Å²) < 4.78 is 2.13. The van der Waals surface area contributed by atoms with Gasteiger partial charge in [0.05, 0.1) is 21.1 Å². The number of carbonyl (C=O) groups is 1. The minimum Gasteiger partial charge on any atom is -0.354 e. The van der Waals surface area contributed by atoms with Crippen LogP contribution >= 0.6 is 23.2 Å². The zero-order valence-electron chi connectivity index (χ0n) is 14.6. The van der Waals surface area contributed by atoms with Gasteiger partial charge in [-0.1, -0.05) is 41.4 Å². The standard InChI is InChI=1S/C20H21Cl2N3O/c1-14-24-18-6-2-3-7-19(18)25(14)12-11-23-20(26)8-4-5-15-9-10-16(21)17(22)13-15/h2-3,6-7,9-10,13H,4-5,8,11-12H2,1H3,(H,23,26). The van der Waals surface area contributed by atoms with Crippen LogP contribution < -0.4 is 5.32 Å². The molecule has 0 aliphatic rings. The molecule has 2 aromatic carbocycles. The van der Waals surface area contributed by atoms with Crippen LogP contribution in [0.5, 0.6) is 0 Å². The van der Waals surface area contributed by atoms with Crippen molar-refractivity contribution in [2.24, 2.45) is 0 Å². The molecule has 26 heavy (non-hydrogen) atoms. The second kappa shape index (κ2) is 8.56. The van der Waals surface area contributed by atoms with Crippen molar-refractivity contribution in [3.8, 4) is 0 Å². The minimum atomic E-state index is 0.0622. The lowest BCUT2D eigenvalue weighted by Gasteiger charge is -2.09. The monoisotopic (exact) mass is 389 g/mol. The minimum absolute atomic E-state index is 0.0622. The zero-order chi connectivity index (χ0) is 18.5. The van der Waals surface area contributed by atoms with Gasteiger partial charge in [-0.15, -0.1) is 0 Å². The molecule has 0 spiro atoms. The van der Waals surface area contributed by atoms with Crippen molar-refractivity contribution in [3.63, 3.8) is 0 Å². The van der Waals surface area contributed by atoms with Gasteiger partial charge in [-0.2, -0.15) is 0 Å². The van der Waals surface area contributed by atoms with E-state index in [2.05, 4.69) is 20.9 Å². The van der Waals surface area contributed by atoms with Crippen LogP contribution in [0.4, 0.5) is 0 Å². The number of nitrogens with one attached hydrogen (secondary N) is 1. The molecular formula is C20H21Cl2N3O. The van der Waals surface area contributed by atoms with E-state index in [1.54, 1.807) is 6.07 Å². The number of benzene rings is 2. The molecule has 0 fully saturated rings. The number of amides is 1. The molecule has 6 heteroatoms. The smallest absolute Gasteiger partial charge is 0.220 e. The molecule has 0 radical (unpaired) electrons. The summed E-state index contributed by atoms with van der Waals surface area (Å²) in [4.78, 5) is 16.6. The van der Waals surface area contributed by atoms with Crippen molar-refractivity contribution in [1.29, 1.82) is 0 Å². The van der Waals surface area contributed by atoms with Crippen molar-refractivity contribution >= 4 is 40.1 Å². The fourth-order valence-electron chi connectivity index (χ4n) is 3.02. The number of imidazole rings is 1. The molecule has 3 aromatic rings. The van der Waals surface area contributed by atoms with Crippen LogP contribution in [0.25, 0.3) is 11.0 Å². The fraction of sp³-hybridized carbons (Fsp3) is 0.300. The third kappa shape index (κ3) is 4.57. The second-order valence-corrected chi connectivity index (χ2v) is 7.07. The van der Waals surface area contributed by atoms with Crippen LogP contribution in [0.15, 0.2) is 42.5 Å². The number of nitrogens with zero attached hydrogens (tertiary/aromatic N) is 2. The van der Waals surface area contributed by atoms with Gasteiger partial charge >= 0.3 is 0 Å².